The summed E-state index contributed by atoms with van der Waals surface area (Å²) >= 11 is 0. The van der Waals surface area contributed by atoms with Crippen molar-refractivity contribution in [2.24, 2.45) is 11.8 Å². The summed E-state index contributed by atoms with van der Waals surface area (Å²) in [6.45, 7) is 8.33. The first-order valence-corrected chi connectivity index (χ1v) is 8.17. The Labute approximate surface area is 138 Å². The van der Waals surface area contributed by atoms with Crippen molar-refractivity contribution >= 4 is 5.97 Å². The highest BCUT2D eigenvalue weighted by atomic mass is 16.5. The van der Waals surface area contributed by atoms with Crippen molar-refractivity contribution in [1.29, 1.82) is 0 Å². The highest BCUT2D eigenvalue weighted by Crippen LogP contribution is 2.30. The van der Waals surface area contributed by atoms with Crippen LogP contribution in [-0.4, -0.2) is 42.3 Å². The van der Waals surface area contributed by atoms with Crippen molar-refractivity contribution in [2.45, 2.75) is 39.8 Å². The fourth-order valence-electron chi connectivity index (χ4n) is 3.19. The van der Waals surface area contributed by atoms with Crippen LogP contribution in [0, 0.1) is 11.8 Å². The molecule has 23 heavy (non-hydrogen) atoms. The van der Waals surface area contributed by atoms with Gasteiger partial charge in [-0.3, -0.25) is 9.69 Å². The Morgan fingerprint density at radius 2 is 2.09 bits per heavy atom. The van der Waals surface area contributed by atoms with E-state index in [1.54, 1.807) is 7.11 Å². The highest BCUT2D eigenvalue weighted by molar-refractivity contribution is 5.70. The van der Waals surface area contributed by atoms with Crippen LogP contribution >= 0.6 is 0 Å². The molecule has 2 atom stereocenters. The number of ether oxygens (including phenoxy) is 2. The minimum Gasteiger partial charge on any atom is -0.493 e. The molecular formula is C18H27NO4. The second-order valence-electron chi connectivity index (χ2n) is 6.72. The van der Waals surface area contributed by atoms with Gasteiger partial charge in [-0.2, -0.15) is 0 Å². The minimum absolute atomic E-state index is 0.0917. The van der Waals surface area contributed by atoms with E-state index in [0.29, 0.717) is 12.5 Å². The summed E-state index contributed by atoms with van der Waals surface area (Å²) in [6, 6.07) is 5.93. The number of carboxylic acids is 1. The number of hydrogen-bond acceptors (Lipinski definition) is 4. The fourth-order valence-corrected chi connectivity index (χ4v) is 3.19. The first-order valence-electron chi connectivity index (χ1n) is 8.17. The van der Waals surface area contributed by atoms with Gasteiger partial charge in [-0.1, -0.05) is 13.0 Å². The van der Waals surface area contributed by atoms with Gasteiger partial charge in [-0.25, -0.2) is 0 Å². The van der Waals surface area contributed by atoms with Crippen molar-refractivity contribution in [1.82, 2.24) is 4.90 Å². The second kappa shape index (κ2) is 7.68. The van der Waals surface area contributed by atoms with Crippen LogP contribution in [0.5, 0.6) is 11.5 Å². The maximum absolute atomic E-state index is 11.3. The standard InChI is InChI=1S/C18H27NO4/c1-12(2)23-16-6-5-14(8-17(16)22-4)10-19-9-13(3)7-15(11-19)18(20)21/h5-6,8,12-13,15H,7,9-11H2,1-4H3,(H,20,21). The number of carboxylic acid groups (broad SMARTS) is 1. The average molecular weight is 321 g/mol. The van der Waals surface area contributed by atoms with Gasteiger partial charge in [0.25, 0.3) is 0 Å². The third-order valence-corrected chi connectivity index (χ3v) is 4.08. The zero-order valence-corrected chi connectivity index (χ0v) is 14.4. The number of rotatable bonds is 6. The van der Waals surface area contributed by atoms with Crippen LogP contribution in [0.15, 0.2) is 18.2 Å². The lowest BCUT2D eigenvalue weighted by Gasteiger charge is -2.34. The number of carbonyl (C=O) groups is 1. The lowest BCUT2D eigenvalue weighted by molar-refractivity contribution is -0.144. The Morgan fingerprint density at radius 3 is 2.70 bits per heavy atom. The van der Waals surface area contributed by atoms with Crippen LogP contribution < -0.4 is 9.47 Å². The SMILES string of the molecule is COc1cc(CN2CC(C)CC(C(=O)O)C2)ccc1OC(C)C. The van der Waals surface area contributed by atoms with Gasteiger partial charge in [0.05, 0.1) is 19.1 Å². The summed E-state index contributed by atoms with van der Waals surface area (Å²) in [7, 11) is 1.63. The molecule has 0 aliphatic carbocycles. The topological polar surface area (TPSA) is 59.0 Å². The molecule has 5 nitrogen and oxygen atoms in total. The molecule has 0 amide bonds. The summed E-state index contributed by atoms with van der Waals surface area (Å²) in [6.07, 6.45) is 0.852. The van der Waals surface area contributed by atoms with Crippen LogP contribution in [0.1, 0.15) is 32.8 Å². The zero-order chi connectivity index (χ0) is 17.0. The first kappa shape index (κ1) is 17.6. The Kier molecular flexibility index (Phi) is 5.88. The predicted molar refractivity (Wildman–Crippen MR) is 88.9 cm³/mol. The molecule has 2 rings (SSSR count). The molecule has 1 aromatic rings. The van der Waals surface area contributed by atoms with Gasteiger partial charge < -0.3 is 14.6 Å². The van der Waals surface area contributed by atoms with E-state index in [2.05, 4.69) is 11.8 Å². The number of nitrogens with zero attached hydrogens (tertiary/aromatic N) is 1. The minimum atomic E-state index is -0.695. The van der Waals surface area contributed by atoms with E-state index >= 15 is 0 Å². The summed E-state index contributed by atoms with van der Waals surface area (Å²) in [5, 5.41) is 9.28. The van der Waals surface area contributed by atoms with E-state index in [1.165, 1.54) is 0 Å². The average Bonchev–Trinajstić information content (AvgIpc) is 2.47. The van der Waals surface area contributed by atoms with Gasteiger partial charge in [-0.05, 0) is 43.9 Å². The molecule has 128 valence electrons. The molecule has 0 spiro atoms. The number of benzene rings is 1. The summed E-state index contributed by atoms with van der Waals surface area (Å²) in [5.74, 6) is 0.886. The number of aliphatic carboxylic acids is 1. The van der Waals surface area contributed by atoms with Crippen molar-refractivity contribution in [3.8, 4) is 11.5 Å². The normalized spacial score (nSPS) is 22.1. The molecule has 1 aliphatic heterocycles. The molecular weight excluding hydrogens is 294 g/mol. The molecule has 1 aromatic carbocycles. The Bertz CT molecular complexity index is 544. The van der Waals surface area contributed by atoms with Crippen LogP contribution in [0.3, 0.4) is 0 Å². The molecule has 1 fully saturated rings. The molecule has 0 aromatic heterocycles. The monoisotopic (exact) mass is 321 g/mol. The number of hydrogen-bond donors (Lipinski definition) is 1. The van der Waals surface area contributed by atoms with Crippen LogP contribution in [0.4, 0.5) is 0 Å². The molecule has 5 heteroatoms. The molecule has 2 unspecified atom stereocenters. The highest BCUT2D eigenvalue weighted by Gasteiger charge is 2.29. The molecule has 1 heterocycles. The number of piperidine rings is 1. The molecule has 1 N–H and O–H groups in total. The third-order valence-electron chi connectivity index (χ3n) is 4.08. The fraction of sp³-hybridized carbons (Fsp3) is 0.611. The molecule has 0 saturated carbocycles. The van der Waals surface area contributed by atoms with E-state index < -0.39 is 5.97 Å². The van der Waals surface area contributed by atoms with Crippen LogP contribution in [-0.2, 0) is 11.3 Å². The van der Waals surface area contributed by atoms with Crippen molar-refractivity contribution in [3.05, 3.63) is 23.8 Å². The number of likely N-dealkylation sites (tertiary alicyclic amines) is 1. The van der Waals surface area contributed by atoms with Gasteiger partial charge in [0.2, 0.25) is 0 Å². The van der Waals surface area contributed by atoms with Crippen molar-refractivity contribution < 1.29 is 19.4 Å². The maximum atomic E-state index is 11.3. The van der Waals surface area contributed by atoms with E-state index in [1.807, 2.05) is 32.0 Å². The number of methoxy groups -OCH3 is 1. The summed E-state index contributed by atoms with van der Waals surface area (Å²) in [4.78, 5) is 13.5. The Balaban J connectivity index is 2.08. The van der Waals surface area contributed by atoms with Gasteiger partial charge in [0.1, 0.15) is 0 Å². The summed E-state index contributed by atoms with van der Waals surface area (Å²) in [5.41, 5.74) is 1.11. The van der Waals surface area contributed by atoms with Crippen molar-refractivity contribution in [3.63, 3.8) is 0 Å². The molecule has 0 radical (unpaired) electrons. The van der Waals surface area contributed by atoms with Gasteiger partial charge in [-0.15, -0.1) is 0 Å². The maximum Gasteiger partial charge on any atom is 0.307 e. The van der Waals surface area contributed by atoms with E-state index in [0.717, 1.165) is 36.6 Å². The second-order valence-corrected chi connectivity index (χ2v) is 6.72. The Hall–Kier alpha value is -1.75. The van der Waals surface area contributed by atoms with Gasteiger partial charge >= 0.3 is 5.97 Å². The summed E-state index contributed by atoms with van der Waals surface area (Å²) < 4.78 is 11.1. The van der Waals surface area contributed by atoms with Gasteiger partial charge in [0, 0.05) is 19.6 Å². The predicted octanol–water partition coefficient (Wildman–Crippen LogP) is 3.03. The quantitative estimate of drug-likeness (QED) is 0.873. The van der Waals surface area contributed by atoms with Crippen LogP contribution in [0.25, 0.3) is 0 Å². The van der Waals surface area contributed by atoms with E-state index in [4.69, 9.17) is 9.47 Å². The van der Waals surface area contributed by atoms with E-state index in [9.17, 15) is 9.90 Å². The lowest BCUT2D eigenvalue weighted by Crippen LogP contribution is -2.41. The zero-order valence-electron chi connectivity index (χ0n) is 14.4. The van der Waals surface area contributed by atoms with Crippen molar-refractivity contribution in [2.75, 3.05) is 20.2 Å². The molecule has 1 aliphatic rings. The van der Waals surface area contributed by atoms with Crippen LogP contribution in [0.2, 0.25) is 0 Å². The smallest absolute Gasteiger partial charge is 0.307 e. The molecule has 0 bridgehead atoms. The largest absolute Gasteiger partial charge is 0.493 e. The first-order chi connectivity index (χ1) is 10.9. The molecule has 1 saturated heterocycles. The Morgan fingerprint density at radius 1 is 1.35 bits per heavy atom. The third kappa shape index (κ3) is 4.86. The lowest BCUT2D eigenvalue weighted by atomic mass is 9.90. The van der Waals surface area contributed by atoms with Gasteiger partial charge in [0.15, 0.2) is 11.5 Å². The van der Waals surface area contributed by atoms with E-state index in [-0.39, 0.29) is 12.0 Å².